The van der Waals surface area contributed by atoms with E-state index in [2.05, 4.69) is 19.9 Å². The first-order valence-electron chi connectivity index (χ1n) is 7.97. The second kappa shape index (κ2) is 6.54. The van der Waals surface area contributed by atoms with E-state index >= 15 is 0 Å². The van der Waals surface area contributed by atoms with Crippen molar-refractivity contribution in [3.63, 3.8) is 0 Å². The zero-order chi connectivity index (χ0) is 16.4. The molecule has 0 aromatic carbocycles. The Morgan fingerprint density at radius 1 is 1.22 bits per heavy atom. The summed E-state index contributed by atoms with van der Waals surface area (Å²) >= 11 is 0. The summed E-state index contributed by atoms with van der Waals surface area (Å²) < 4.78 is 1.89. The maximum absolute atomic E-state index is 10.5. The number of aliphatic hydroxyl groups is 1. The molecule has 7 heteroatoms. The first kappa shape index (κ1) is 15.7. The molecule has 1 unspecified atom stereocenters. The lowest BCUT2D eigenvalue weighted by molar-refractivity contribution is 0.0823. The molecule has 0 radical (unpaired) electrons. The van der Waals surface area contributed by atoms with Crippen LogP contribution in [0.3, 0.4) is 0 Å². The van der Waals surface area contributed by atoms with Crippen molar-refractivity contribution in [2.24, 2.45) is 13.0 Å². The van der Waals surface area contributed by atoms with Gasteiger partial charge >= 0.3 is 0 Å². The lowest BCUT2D eigenvalue weighted by Crippen LogP contribution is -2.37. The molecule has 23 heavy (non-hydrogen) atoms. The standard InChI is InChI=1S/C16H24N6O/c1-20(2)13-4-7-18-16(19-13)22-9-5-12(6-10-22)14(23)15-17-8-11-21(15)3/h4,7-8,11-12,14,23H,5-6,9-10H2,1-3H3. The number of nitrogens with zero attached hydrogens (tertiary/aromatic N) is 6. The highest BCUT2D eigenvalue weighted by atomic mass is 16.3. The Kier molecular flexibility index (Phi) is 4.47. The van der Waals surface area contributed by atoms with Gasteiger partial charge in [-0.15, -0.1) is 0 Å². The van der Waals surface area contributed by atoms with E-state index in [1.165, 1.54) is 0 Å². The number of aromatic nitrogens is 4. The summed E-state index contributed by atoms with van der Waals surface area (Å²) in [5, 5.41) is 10.5. The van der Waals surface area contributed by atoms with Crippen LogP contribution in [0.1, 0.15) is 24.8 Å². The Morgan fingerprint density at radius 2 is 1.96 bits per heavy atom. The predicted octanol–water partition coefficient (Wildman–Crippen LogP) is 1.23. The molecule has 1 N–H and O–H groups in total. The average molecular weight is 316 g/mol. The fourth-order valence-electron chi connectivity index (χ4n) is 3.03. The molecule has 0 bridgehead atoms. The summed E-state index contributed by atoms with van der Waals surface area (Å²) in [6, 6.07) is 1.90. The number of anilines is 2. The lowest BCUT2D eigenvalue weighted by atomic mass is 9.91. The fraction of sp³-hybridized carbons (Fsp3) is 0.562. The number of aliphatic hydroxyl groups excluding tert-OH is 1. The lowest BCUT2D eigenvalue weighted by Gasteiger charge is -2.34. The number of imidazole rings is 1. The molecule has 0 aliphatic carbocycles. The van der Waals surface area contributed by atoms with Crippen LogP contribution < -0.4 is 9.80 Å². The van der Waals surface area contributed by atoms with E-state index in [0.717, 1.165) is 43.5 Å². The molecule has 1 aliphatic heterocycles. The highest BCUT2D eigenvalue weighted by molar-refractivity contribution is 5.42. The monoisotopic (exact) mass is 316 g/mol. The van der Waals surface area contributed by atoms with Gasteiger partial charge in [0.15, 0.2) is 0 Å². The van der Waals surface area contributed by atoms with E-state index in [0.29, 0.717) is 0 Å². The van der Waals surface area contributed by atoms with Crippen LogP contribution in [0, 0.1) is 5.92 Å². The Bertz CT molecular complexity index is 648. The van der Waals surface area contributed by atoms with Gasteiger partial charge in [0.25, 0.3) is 0 Å². The van der Waals surface area contributed by atoms with Crippen LogP contribution in [0.4, 0.5) is 11.8 Å². The van der Waals surface area contributed by atoms with E-state index in [1.54, 1.807) is 12.4 Å². The first-order chi connectivity index (χ1) is 11.1. The Morgan fingerprint density at radius 3 is 2.57 bits per heavy atom. The maximum Gasteiger partial charge on any atom is 0.227 e. The molecule has 0 amide bonds. The second-order valence-corrected chi connectivity index (χ2v) is 6.27. The van der Waals surface area contributed by atoms with Crippen molar-refractivity contribution in [1.82, 2.24) is 19.5 Å². The third-order valence-corrected chi connectivity index (χ3v) is 4.48. The van der Waals surface area contributed by atoms with Gasteiger partial charge in [-0.1, -0.05) is 0 Å². The van der Waals surface area contributed by atoms with Gasteiger partial charge in [0.05, 0.1) is 0 Å². The van der Waals surface area contributed by atoms with E-state index in [9.17, 15) is 5.11 Å². The molecule has 0 spiro atoms. The zero-order valence-electron chi connectivity index (χ0n) is 13.9. The van der Waals surface area contributed by atoms with Gasteiger partial charge in [0.1, 0.15) is 17.7 Å². The second-order valence-electron chi connectivity index (χ2n) is 6.27. The minimum Gasteiger partial charge on any atom is -0.385 e. The van der Waals surface area contributed by atoms with Gasteiger partial charge in [-0.25, -0.2) is 9.97 Å². The van der Waals surface area contributed by atoms with Gasteiger partial charge in [0.2, 0.25) is 5.95 Å². The number of piperidine rings is 1. The molecule has 1 aliphatic rings. The Labute approximate surface area is 136 Å². The van der Waals surface area contributed by atoms with Crippen LogP contribution in [0.2, 0.25) is 0 Å². The van der Waals surface area contributed by atoms with Gasteiger partial charge in [-0.3, -0.25) is 0 Å². The molecule has 2 aromatic heterocycles. The van der Waals surface area contributed by atoms with Crippen molar-refractivity contribution >= 4 is 11.8 Å². The van der Waals surface area contributed by atoms with Crippen molar-refractivity contribution in [2.75, 3.05) is 37.0 Å². The van der Waals surface area contributed by atoms with Crippen LogP contribution >= 0.6 is 0 Å². The Balaban J connectivity index is 1.64. The first-order valence-corrected chi connectivity index (χ1v) is 7.97. The molecule has 1 atom stereocenters. The molecular weight excluding hydrogens is 292 g/mol. The molecule has 3 heterocycles. The van der Waals surface area contributed by atoms with Crippen molar-refractivity contribution in [3.8, 4) is 0 Å². The van der Waals surface area contributed by atoms with Crippen molar-refractivity contribution in [2.45, 2.75) is 18.9 Å². The molecule has 3 rings (SSSR count). The van der Waals surface area contributed by atoms with Crippen molar-refractivity contribution < 1.29 is 5.11 Å². The molecule has 0 saturated carbocycles. The van der Waals surface area contributed by atoms with E-state index < -0.39 is 6.10 Å². The van der Waals surface area contributed by atoms with E-state index in [4.69, 9.17) is 0 Å². The number of rotatable bonds is 4. The molecule has 1 saturated heterocycles. The Hall–Kier alpha value is -2.15. The van der Waals surface area contributed by atoms with Crippen LogP contribution in [-0.2, 0) is 7.05 Å². The van der Waals surface area contributed by atoms with Crippen molar-refractivity contribution in [1.29, 1.82) is 0 Å². The maximum atomic E-state index is 10.5. The number of aryl methyl sites for hydroxylation is 1. The SMILES string of the molecule is CN(C)c1ccnc(N2CCC(C(O)c3nccn3C)CC2)n1. The third kappa shape index (κ3) is 3.29. The van der Waals surface area contributed by atoms with Gasteiger partial charge < -0.3 is 19.5 Å². The third-order valence-electron chi connectivity index (χ3n) is 4.48. The largest absolute Gasteiger partial charge is 0.385 e. The topological polar surface area (TPSA) is 70.3 Å². The minimum atomic E-state index is -0.508. The van der Waals surface area contributed by atoms with Crippen molar-refractivity contribution in [3.05, 3.63) is 30.5 Å². The minimum absolute atomic E-state index is 0.226. The fourth-order valence-corrected chi connectivity index (χ4v) is 3.03. The van der Waals surface area contributed by atoms with Gasteiger partial charge in [-0.2, -0.15) is 4.98 Å². The highest BCUT2D eigenvalue weighted by Gasteiger charge is 2.29. The van der Waals surface area contributed by atoms with Gasteiger partial charge in [-0.05, 0) is 24.8 Å². The van der Waals surface area contributed by atoms with Crippen LogP contribution in [0.15, 0.2) is 24.7 Å². The highest BCUT2D eigenvalue weighted by Crippen LogP contribution is 2.30. The van der Waals surface area contributed by atoms with E-state index in [-0.39, 0.29) is 5.92 Å². The van der Waals surface area contributed by atoms with Crippen LogP contribution in [0.5, 0.6) is 0 Å². The predicted molar refractivity (Wildman–Crippen MR) is 89.5 cm³/mol. The summed E-state index contributed by atoms with van der Waals surface area (Å²) in [5.41, 5.74) is 0. The van der Waals surface area contributed by atoms with E-state index in [1.807, 2.05) is 42.9 Å². The summed E-state index contributed by atoms with van der Waals surface area (Å²) in [5.74, 6) is 2.64. The molecule has 7 nitrogen and oxygen atoms in total. The van der Waals surface area contributed by atoms with Gasteiger partial charge in [0, 0.05) is 52.8 Å². The average Bonchev–Trinajstić information content (AvgIpc) is 3.00. The van der Waals surface area contributed by atoms with Crippen LogP contribution in [0.25, 0.3) is 0 Å². The number of hydrogen-bond acceptors (Lipinski definition) is 6. The smallest absolute Gasteiger partial charge is 0.227 e. The summed E-state index contributed by atoms with van der Waals surface area (Å²) in [6.45, 7) is 1.70. The molecule has 124 valence electrons. The summed E-state index contributed by atoms with van der Waals surface area (Å²) in [6.07, 6.45) is 6.70. The molecular formula is C16H24N6O. The number of hydrogen-bond donors (Lipinski definition) is 1. The summed E-state index contributed by atoms with van der Waals surface area (Å²) in [7, 11) is 5.87. The quantitative estimate of drug-likeness (QED) is 0.915. The normalized spacial score (nSPS) is 17.3. The summed E-state index contributed by atoms with van der Waals surface area (Å²) in [4.78, 5) is 17.4. The van der Waals surface area contributed by atoms with Crippen LogP contribution in [-0.4, -0.2) is 51.8 Å². The molecule has 1 fully saturated rings. The zero-order valence-corrected chi connectivity index (χ0v) is 13.9. The molecule has 2 aromatic rings.